The maximum absolute atomic E-state index is 6.09. The Morgan fingerprint density at radius 1 is 1.44 bits per heavy atom. The van der Waals surface area contributed by atoms with Crippen molar-refractivity contribution in [1.82, 2.24) is 0 Å². The minimum atomic E-state index is 0.158. The Morgan fingerprint density at radius 3 is 2.69 bits per heavy atom. The zero-order valence-corrected chi connectivity index (χ0v) is 13.1. The molecule has 1 aliphatic carbocycles. The molecule has 1 saturated carbocycles. The monoisotopic (exact) mass is 366 g/mol. The van der Waals surface area contributed by atoms with Crippen LogP contribution >= 0.6 is 43.5 Å². The summed E-state index contributed by atoms with van der Waals surface area (Å²) in [7, 11) is 0. The van der Waals surface area contributed by atoms with Crippen molar-refractivity contribution in [3.8, 4) is 5.75 Å². The van der Waals surface area contributed by atoms with Gasteiger partial charge in [-0.15, -0.1) is 0 Å². The van der Waals surface area contributed by atoms with E-state index in [0.717, 1.165) is 16.6 Å². The van der Waals surface area contributed by atoms with Gasteiger partial charge in [0.15, 0.2) is 0 Å². The summed E-state index contributed by atoms with van der Waals surface area (Å²) in [6.07, 6.45) is 1.25. The minimum Gasteiger partial charge on any atom is -0.488 e. The van der Waals surface area contributed by atoms with E-state index in [4.69, 9.17) is 16.3 Å². The van der Waals surface area contributed by atoms with E-state index in [0.29, 0.717) is 9.85 Å². The molecule has 2 atom stereocenters. The smallest absolute Gasteiger partial charge is 0.139 e. The first kappa shape index (κ1) is 12.7. The maximum Gasteiger partial charge on any atom is 0.139 e. The Bertz CT molecular complexity index is 406. The average molecular weight is 368 g/mol. The molecule has 1 nitrogen and oxygen atoms in total. The third-order valence-electron chi connectivity index (χ3n) is 3.22. The van der Waals surface area contributed by atoms with Crippen LogP contribution in [-0.4, -0.2) is 10.9 Å². The van der Waals surface area contributed by atoms with Gasteiger partial charge in [0.05, 0.1) is 5.02 Å². The van der Waals surface area contributed by atoms with Gasteiger partial charge in [0, 0.05) is 14.7 Å². The van der Waals surface area contributed by atoms with Gasteiger partial charge in [0.25, 0.3) is 0 Å². The van der Waals surface area contributed by atoms with Crippen LogP contribution in [0.5, 0.6) is 5.75 Å². The highest BCUT2D eigenvalue weighted by molar-refractivity contribution is 9.10. The van der Waals surface area contributed by atoms with Crippen LogP contribution in [0.1, 0.15) is 20.3 Å². The molecule has 1 aromatic rings. The number of alkyl halides is 1. The second-order valence-electron chi connectivity index (χ2n) is 4.71. The van der Waals surface area contributed by atoms with Crippen LogP contribution in [0, 0.1) is 5.41 Å². The van der Waals surface area contributed by atoms with E-state index in [1.807, 2.05) is 18.2 Å². The number of rotatable bonds is 2. The van der Waals surface area contributed by atoms with Crippen LogP contribution in [0.25, 0.3) is 0 Å². The van der Waals surface area contributed by atoms with Crippen LogP contribution in [0.2, 0.25) is 5.02 Å². The topological polar surface area (TPSA) is 9.23 Å². The predicted molar refractivity (Wildman–Crippen MR) is 74.7 cm³/mol. The van der Waals surface area contributed by atoms with E-state index in [9.17, 15) is 0 Å². The van der Waals surface area contributed by atoms with E-state index >= 15 is 0 Å². The Kier molecular flexibility index (Phi) is 3.58. The Labute approximate surface area is 118 Å². The van der Waals surface area contributed by atoms with Crippen LogP contribution in [0.15, 0.2) is 22.7 Å². The number of halogens is 3. The molecule has 2 unspecified atom stereocenters. The molecule has 0 saturated heterocycles. The summed E-state index contributed by atoms with van der Waals surface area (Å²) in [4.78, 5) is 0.524. The molecule has 88 valence electrons. The van der Waals surface area contributed by atoms with Gasteiger partial charge >= 0.3 is 0 Å². The van der Waals surface area contributed by atoms with Gasteiger partial charge in [-0.25, -0.2) is 0 Å². The fraction of sp³-hybridized carbons (Fsp3) is 0.500. The Morgan fingerprint density at radius 2 is 2.12 bits per heavy atom. The zero-order valence-electron chi connectivity index (χ0n) is 9.14. The van der Waals surface area contributed by atoms with Crippen molar-refractivity contribution < 1.29 is 4.74 Å². The molecule has 1 aliphatic rings. The highest BCUT2D eigenvalue weighted by Gasteiger charge is 2.48. The normalized spacial score (nSPS) is 27.3. The van der Waals surface area contributed by atoms with E-state index in [-0.39, 0.29) is 11.5 Å². The summed E-state index contributed by atoms with van der Waals surface area (Å²) in [5, 5.41) is 0.664. The molecule has 0 heterocycles. The quantitative estimate of drug-likeness (QED) is 0.664. The summed E-state index contributed by atoms with van der Waals surface area (Å²) in [6, 6.07) is 5.67. The lowest BCUT2D eigenvalue weighted by Gasteiger charge is -2.48. The van der Waals surface area contributed by atoms with Crippen molar-refractivity contribution in [2.75, 3.05) is 0 Å². The molecule has 16 heavy (non-hydrogen) atoms. The minimum absolute atomic E-state index is 0.158. The summed E-state index contributed by atoms with van der Waals surface area (Å²) in [6.45, 7) is 4.40. The van der Waals surface area contributed by atoms with E-state index in [1.54, 1.807) is 0 Å². The lowest BCUT2D eigenvalue weighted by atomic mass is 9.69. The van der Waals surface area contributed by atoms with Crippen molar-refractivity contribution in [2.45, 2.75) is 31.2 Å². The number of benzene rings is 1. The molecular formula is C12H13Br2ClO. The highest BCUT2D eigenvalue weighted by atomic mass is 79.9. The van der Waals surface area contributed by atoms with E-state index < -0.39 is 0 Å². The van der Waals surface area contributed by atoms with Crippen LogP contribution in [0.3, 0.4) is 0 Å². The van der Waals surface area contributed by atoms with Crippen LogP contribution in [-0.2, 0) is 0 Å². The van der Waals surface area contributed by atoms with Crippen LogP contribution in [0.4, 0.5) is 0 Å². The first-order valence-electron chi connectivity index (χ1n) is 5.17. The first-order chi connectivity index (χ1) is 7.41. The number of hydrogen-bond acceptors (Lipinski definition) is 1. The molecule has 2 rings (SSSR count). The van der Waals surface area contributed by atoms with Crippen molar-refractivity contribution in [3.05, 3.63) is 27.7 Å². The summed E-state index contributed by atoms with van der Waals surface area (Å²) in [5.74, 6) is 0.758. The second-order valence-corrected chi connectivity index (χ2v) is 7.13. The van der Waals surface area contributed by atoms with E-state index in [1.165, 1.54) is 0 Å². The second kappa shape index (κ2) is 4.51. The molecule has 1 fully saturated rings. The van der Waals surface area contributed by atoms with Gasteiger partial charge in [-0.3, -0.25) is 0 Å². The lowest BCUT2D eigenvalue weighted by molar-refractivity contribution is -0.00776. The molecule has 0 N–H and O–H groups in total. The number of hydrogen-bond donors (Lipinski definition) is 0. The third-order valence-corrected chi connectivity index (χ3v) is 5.58. The standard InChI is InChI=1S/C12H13Br2ClO/c1-12(2)10(14)6-11(12)16-9-5-7(13)3-4-8(9)15/h3-5,10-11H,6H2,1-2H3. The number of ether oxygens (including phenoxy) is 1. The molecule has 0 aliphatic heterocycles. The van der Waals surface area contributed by atoms with Gasteiger partial charge < -0.3 is 4.74 Å². The maximum atomic E-state index is 6.09. The molecule has 0 radical (unpaired) electrons. The molecule has 0 aromatic heterocycles. The SMILES string of the molecule is CC1(C)C(Br)CC1Oc1cc(Br)ccc1Cl. The van der Waals surface area contributed by atoms with Crippen LogP contribution < -0.4 is 4.74 Å². The summed E-state index contributed by atoms with van der Waals surface area (Å²) < 4.78 is 6.94. The van der Waals surface area contributed by atoms with Gasteiger partial charge in [-0.1, -0.05) is 57.3 Å². The fourth-order valence-corrected chi connectivity index (χ4v) is 2.89. The molecular weight excluding hydrogens is 355 g/mol. The molecule has 0 spiro atoms. The third kappa shape index (κ3) is 2.27. The zero-order chi connectivity index (χ0) is 11.9. The van der Waals surface area contributed by atoms with Gasteiger partial charge in [-0.2, -0.15) is 0 Å². The average Bonchev–Trinajstić information content (AvgIpc) is 2.23. The largest absolute Gasteiger partial charge is 0.488 e. The van der Waals surface area contributed by atoms with Crippen molar-refractivity contribution in [2.24, 2.45) is 5.41 Å². The molecule has 4 heteroatoms. The van der Waals surface area contributed by atoms with E-state index in [2.05, 4.69) is 45.7 Å². The molecule has 0 bridgehead atoms. The van der Waals surface area contributed by atoms with Crippen molar-refractivity contribution >= 4 is 43.5 Å². The summed E-state index contributed by atoms with van der Waals surface area (Å²) >= 11 is 13.2. The fourth-order valence-electron chi connectivity index (χ4n) is 1.76. The Balaban J connectivity index is 2.13. The molecule has 0 amide bonds. The van der Waals surface area contributed by atoms with Crippen molar-refractivity contribution in [1.29, 1.82) is 0 Å². The predicted octanol–water partition coefficient (Wildman–Crippen LogP) is 5.04. The van der Waals surface area contributed by atoms with Gasteiger partial charge in [0.2, 0.25) is 0 Å². The van der Waals surface area contributed by atoms with Crippen molar-refractivity contribution in [3.63, 3.8) is 0 Å². The highest BCUT2D eigenvalue weighted by Crippen LogP contribution is 2.48. The van der Waals surface area contributed by atoms with Gasteiger partial charge in [0.1, 0.15) is 11.9 Å². The first-order valence-corrected chi connectivity index (χ1v) is 7.25. The van der Waals surface area contributed by atoms with Gasteiger partial charge in [-0.05, 0) is 24.6 Å². The lowest BCUT2D eigenvalue weighted by Crippen LogP contribution is -2.53. The Hall–Kier alpha value is 0.270. The molecule has 1 aromatic carbocycles. The summed E-state index contributed by atoms with van der Waals surface area (Å²) in [5.41, 5.74) is 0.158.